The summed E-state index contributed by atoms with van der Waals surface area (Å²) in [6.45, 7) is 5.56. The number of piperidine rings is 1. The number of rotatable bonds is 2. The maximum absolute atomic E-state index is 9.73. The normalized spacial score (nSPS) is 25.3. The fraction of sp³-hybridized carbons (Fsp3) is 0.571. The van der Waals surface area contributed by atoms with Crippen LogP contribution in [-0.2, 0) is 6.54 Å². The van der Waals surface area contributed by atoms with Crippen LogP contribution in [0.4, 0.5) is 0 Å². The summed E-state index contributed by atoms with van der Waals surface area (Å²) in [7, 11) is 0. The first-order chi connectivity index (χ1) is 8.49. The SMILES string of the molecule is CC1CCCC(C)N1Cc1cc(Br)c(O)c(Br)c1. The van der Waals surface area contributed by atoms with E-state index in [1.54, 1.807) is 0 Å². The Morgan fingerprint density at radius 2 is 1.67 bits per heavy atom. The molecule has 1 heterocycles. The summed E-state index contributed by atoms with van der Waals surface area (Å²) >= 11 is 6.79. The zero-order chi connectivity index (χ0) is 13.3. The largest absolute Gasteiger partial charge is 0.506 e. The summed E-state index contributed by atoms with van der Waals surface area (Å²) in [6.07, 6.45) is 3.90. The Bertz CT molecular complexity index is 403. The Hall–Kier alpha value is -0.0600. The lowest BCUT2D eigenvalue weighted by atomic mass is 9.97. The average molecular weight is 377 g/mol. The lowest BCUT2D eigenvalue weighted by molar-refractivity contribution is 0.0952. The molecular formula is C14H19Br2NO. The van der Waals surface area contributed by atoms with Gasteiger partial charge in [0.2, 0.25) is 0 Å². The van der Waals surface area contributed by atoms with Gasteiger partial charge >= 0.3 is 0 Å². The molecule has 1 aliphatic heterocycles. The van der Waals surface area contributed by atoms with E-state index < -0.39 is 0 Å². The van der Waals surface area contributed by atoms with Gasteiger partial charge < -0.3 is 5.11 Å². The first-order valence-electron chi connectivity index (χ1n) is 6.41. The van der Waals surface area contributed by atoms with E-state index in [0.29, 0.717) is 12.1 Å². The molecule has 0 radical (unpaired) electrons. The molecule has 2 unspecified atom stereocenters. The number of aromatic hydroxyl groups is 1. The van der Waals surface area contributed by atoms with Crippen LogP contribution >= 0.6 is 31.9 Å². The Morgan fingerprint density at radius 1 is 1.17 bits per heavy atom. The molecule has 18 heavy (non-hydrogen) atoms. The van der Waals surface area contributed by atoms with Gasteiger partial charge in [-0.2, -0.15) is 0 Å². The van der Waals surface area contributed by atoms with Crippen LogP contribution in [0.15, 0.2) is 21.1 Å². The smallest absolute Gasteiger partial charge is 0.143 e. The van der Waals surface area contributed by atoms with Crippen LogP contribution in [0.1, 0.15) is 38.7 Å². The fourth-order valence-electron chi connectivity index (χ4n) is 2.71. The lowest BCUT2D eigenvalue weighted by Gasteiger charge is -2.39. The van der Waals surface area contributed by atoms with Gasteiger partial charge in [-0.3, -0.25) is 4.90 Å². The highest BCUT2D eigenvalue weighted by atomic mass is 79.9. The van der Waals surface area contributed by atoms with E-state index >= 15 is 0 Å². The number of halogens is 2. The zero-order valence-corrected chi connectivity index (χ0v) is 14.0. The van der Waals surface area contributed by atoms with E-state index in [1.807, 2.05) is 12.1 Å². The molecule has 0 aliphatic carbocycles. The molecule has 1 fully saturated rings. The molecule has 2 nitrogen and oxygen atoms in total. The molecule has 1 aliphatic rings. The Kier molecular flexibility index (Phi) is 4.73. The summed E-state index contributed by atoms with van der Waals surface area (Å²) in [5.41, 5.74) is 1.23. The summed E-state index contributed by atoms with van der Waals surface area (Å²) < 4.78 is 1.51. The number of nitrogens with zero attached hydrogens (tertiary/aromatic N) is 1. The molecular weight excluding hydrogens is 358 g/mol. The minimum Gasteiger partial charge on any atom is -0.506 e. The number of hydrogen-bond donors (Lipinski definition) is 1. The van der Waals surface area contributed by atoms with Crippen molar-refractivity contribution in [2.75, 3.05) is 0 Å². The molecule has 2 rings (SSSR count). The highest BCUT2D eigenvalue weighted by molar-refractivity contribution is 9.11. The third-order valence-electron chi connectivity index (χ3n) is 3.82. The van der Waals surface area contributed by atoms with Crippen molar-refractivity contribution in [2.45, 2.75) is 51.7 Å². The van der Waals surface area contributed by atoms with E-state index in [9.17, 15) is 5.11 Å². The second kappa shape index (κ2) is 5.93. The standard InChI is InChI=1S/C14H19Br2NO/c1-9-4-3-5-10(2)17(9)8-11-6-12(15)14(18)13(16)7-11/h6-7,9-10,18H,3-5,8H2,1-2H3. The summed E-state index contributed by atoms with van der Waals surface area (Å²) in [5, 5.41) is 9.73. The molecule has 0 bridgehead atoms. The summed E-state index contributed by atoms with van der Waals surface area (Å²) in [4.78, 5) is 2.55. The topological polar surface area (TPSA) is 23.5 Å². The highest BCUT2D eigenvalue weighted by Crippen LogP contribution is 2.34. The van der Waals surface area contributed by atoms with Crippen molar-refractivity contribution in [3.63, 3.8) is 0 Å². The van der Waals surface area contributed by atoms with Gasteiger partial charge in [-0.25, -0.2) is 0 Å². The zero-order valence-electron chi connectivity index (χ0n) is 10.8. The monoisotopic (exact) mass is 375 g/mol. The Morgan fingerprint density at radius 3 is 2.17 bits per heavy atom. The summed E-state index contributed by atoms with van der Waals surface area (Å²) in [5.74, 6) is 0.276. The Labute approximate surface area is 126 Å². The van der Waals surface area contributed by atoms with Crippen molar-refractivity contribution < 1.29 is 5.11 Å². The molecule has 1 N–H and O–H groups in total. The molecule has 4 heteroatoms. The Balaban J connectivity index is 2.18. The third kappa shape index (κ3) is 3.09. The second-order valence-corrected chi connectivity index (χ2v) is 6.92. The molecule has 0 spiro atoms. The van der Waals surface area contributed by atoms with Gasteiger partial charge in [0.25, 0.3) is 0 Å². The number of likely N-dealkylation sites (tertiary alicyclic amines) is 1. The number of phenols is 1. The minimum absolute atomic E-state index is 0.276. The van der Waals surface area contributed by atoms with E-state index in [2.05, 4.69) is 50.6 Å². The lowest BCUT2D eigenvalue weighted by Crippen LogP contribution is -2.42. The quantitative estimate of drug-likeness (QED) is 0.809. The van der Waals surface area contributed by atoms with Gasteiger partial charge in [-0.15, -0.1) is 0 Å². The third-order valence-corrected chi connectivity index (χ3v) is 5.03. The molecule has 2 atom stereocenters. The number of phenolic OH excluding ortho intramolecular Hbond substituents is 1. The van der Waals surface area contributed by atoms with Crippen molar-refractivity contribution in [1.82, 2.24) is 4.90 Å². The van der Waals surface area contributed by atoms with E-state index in [-0.39, 0.29) is 5.75 Å². The van der Waals surface area contributed by atoms with Gasteiger partial charge in [0.15, 0.2) is 0 Å². The highest BCUT2D eigenvalue weighted by Gasteiger charge is 2.24. The van der Waals surface area contributed by atoms with Crippen LogP contribution in [0.5, 0.6) is 5.75 Å². The predicted molar refractivity (Wildman–Crippen MR) is 81.8 cm³/mol. The van der Waals surface area contributed by atoms with Crippen LogP contribution in [0, 0.1) is 0 Å². The first kappa shape index (κ1) is 14.4. The molecule has 1 aromatic carbocycles. The van der Waals surface area contributed by atoms with Crippen LogP contribution in [-0.4, -0.2) is 22.1 Å². The molecule has 0 aromatic heterocycles. The molecule has 100 valence electrons. The van der Waals surface area contributed by atoms with Crippen LogP contribution in [0.25, 0.3) is 0 Å². The molecule has 1 aromatic rings. The maximum Gasteiger partial charge on any atom is 0.143 e. The first-order valence-corrected chi connectivity index (χ1v) is 8.00. The second-order valence-electron chi connectivity index (χ2n) is 5.21. The van der Waals surface area contributed by atoms with E-state index in [4.69, 9.17) is 0 Å². The maximum atomic E-state index is 9.73. The van der Waals surface area contributed by atoms with Gasteiger partial charge in [-0.1, -0.05) is 6.42 Å². The molecule has 0 amide bonds. The van der Waals surface area contributed by atoms with Crippen molar-refractivity contribution in [3.05, 3.63) is 26.6 Å². The van der Waals surface area contributed by atoms with E-state index in [1.165, 1.54) is 24.8 Å². The van der Waals surface area contributed by atoms with Crippen molar-refractivity contribution in [2.24, 2.45) is 0 Å². The van der Waals surface area contributed by atoms with Gasteiger partial charge in [0.1, 0.15) is 5.75 Å². The van der Waals surface area contributed by atoms with Crippen molar-refractivity contribution >= 4 is 31.9 Å². The fourth-order valence-corrected chi connectivity index (χ4v) is 3.99. The van der Waals surface area contributed by atoms with Gasteiger partial charge in [0, 0.05) is 18.6 Å². The van der Waals surface area contributed by atoms with Crippen LogP contribution in [0.3, 0.4) is 0 Å². The number of benzene rings is 1. The number of hydrogen-bond acceptors (Lipinski definition) is 2. The van der Waals surface area contributed by atoms with Crippen molar-refractivity contribution in [3.8, 4) is 5.75 Å². The summed E-state index contributed by atoms with van der Waals surface area (Å²) in [6, 6.07) is 5.29. The average Bonchev–Trinajstić information content (AvgIpc) is 2.31. The predicted octanol–water partition coefficient (Wildman–Crippen LogP) is 4.68. The molecule has 0 saturated carbocycles. The molecule has 1 saturated heterocycles. The van der Waals surface area contributed by atoms with Gasteiger partial charge in [-0.05, 0) is 76.2 Å². The van der Waals surface area contributed by atoms with Crippen LogP contribution in [0.2, 0.25) is 0 Å². The van der Waals surface area contributed by atoms with Crippen LogP contribution < -0.4 is 0 Å². The van der Waals surface area contributed by atoms with Crippen molar-refractivity contribution in [1.29, 1.82) is 0 Å². The minimum atomic E-state index is 0.276. The van der Waals surface area contributed by atoms with E-state index in [0.717, 1.165) is 15.5 Å². The van der Waals surface area contributed by atoms with Gasteiger partial charge in [0.05, 0.1) is 8.95 Å².